The van der Waals surface area contributed by atoms with Gasteiger partial charge in [0.1, 0.15) is 5.82 Å². The van der Waals surface area contributed by atoms with Crippen molar-refractivity contribution in [2.45, 2.75) is 32.7 Å². The molecule has 4 heteroatoms. The van der Waals surface area contributed by atoms with Crippen molar-refractivity contribution in [2.24, 2.45) is 0 Å². The van der Waals surface area contributed by atoms with Gasteiger partial charge in [0.15, 0.2) is 0 Å². The smallest absolute Gasteiger partial charge is 0.128 e. The molecule has 0 bridgehead atoms. The first-order chi connectivity index (χ1) is 9.81. The van der Waals surface area contributed by atoms with Crippen molar-refractivity contribution in [3.05, 3.63) is 40.2 Å². The molecule has 0 radical (unpaired) electrons. The summed E-state index contributed by atoms with van der Waals surface area (Å²) < 4.78 is 0. The van der Waals surface area contributed by atoms with E-state index in [4.69, 9.17) is 0 Å². The lowest BCUT2D eigenvalue weighted by atomic mass is 10.1. The number of thiophene rings is 1. The zero-order chi connectivity index (χ0) is 13.8. The van der Waals surface area contributed by atoms with Gasteiger partial charge in [-0.25, -0.2) is 4.98 Å². The lowest BCUT2D eigenvalue weighted by Crippen LogP contribution is -2.30. The number of nitrogens with zero attached hydrogens (tertiary/aromatic N) is 2. The zero-order valence-electron chi connectivity index (χ0n) is 11.9. The molecule has 20 heavy (non-hydrogen) atoms. The molecule has 0 unspecified atom stereocenters. The maximum atomic E-state index is 4.59. The number of piperidine rings is 1. The van der Waals surface area contributed by atoms with Gasteiger partial charge in [0.25, 0.3) is 0 Å². The predicted molar refractivity (Wildman–Crippen MR) is 86.7 cm³/mol. The highest BCUT2D eigenvalue weighted by molar-refractivity contribution is 7.11. The third-order valence-electron chi connectivity index (χ3n) is 3.69. The van der Waals surface area contributed by atoms with Gasteiger partial charge in [-0.2, -0.15) is 0 Å². The van der Waals surface area contributed by atoms with E-state index in [9.17, 15) is 0 Å². The van der Waals surface area contributed by atoms with Gasteiger partial charge < -0.3 is 10.2 Å². The Bertz CT molecular complexity index is 541. The third-order valence-corrected chi connectivity index (χ3v) is 4.69. The lowest BCUT2D eigenvalue weighted by Gasteiger charge is -2.27. The molecule has 1 saturated heterocycles. The summed E-state index contributed by atoms with van der Waals surface area (Å²) in [4.78, 5) is 9.70. The van der Waals surface area contributed by atoms with Gasteiger partial charge in [0, 0.05) is 29.4 Å². The van der Waals surface area contributed by atoms with Crippen LogP contribution >= 0.6 is 11.3 Å². The summed E-state index contributed by atoms with van der Waals surface area (Å²) >= 11 is 1.84. The molecule has 0 aromatic carbocycles. The van der Waals surface area contributed by atoms with Crippen molar-refractivity contribution >= 4 is 22.8 Å². The van der Waals surface area contributed by atoms with Crippen LogP contribution in [0.2, 0.25) is 0 Å². The number of hydrogen-bond donors (Lipinski definition) is 1. The number of aromatic nitrogens is 1. The second-order valence-electron chi connectivity index (χ2n) is 5.32. The van der Waals surface area contributed by atoms with E-state index in [1.54, 1.807) is 0 Å². The Labute approximate surface area is 124 Å². The predicted octanol–water partition coefficient (Wildman–Crippen LogP) is 4.05. The molecule has 3 heterocycles. The number of aryl methyl sites for hydroxylation is 1. The van der Waals surface area contributed by atoms with Gasteiger partial charge in [0.05, 0.1) is 11.9 Å². The topological polar surface area (TPSA) is 28.2 Å². The normalized spacial score (nSPS) is 15.3. The standard InChI is InChI=1S/C16H21N3S/c1-13-5-7-15(20-13)12-17-14-6-8-16(18-11-14)19-9-3-2-4-10-19/h5-8,11,17H,2-4,9-10,12H2,1H3. The zero-order valence-corrected chi connectivity index (χ0v) is 12.7. The Morgan fingerprint density at radius 3 is 2.65 bits per heavy atom. The van der Waals surface area contributed by atoms with Crippen LogP contribution in [0.3, 0.4) is 0 Å². The molecule has 1 fully saturated rings. The second kappa shape index (κ2) is 6.27. The van der Waals surface area contributed by atoms with Crippen LogP contribution in [-0.4, -0.2) is 18.1 Å². The molecule has 0 aliphatic carbocycles. The van der Waals surface area contributed by atoms with Crippen LogP contribution in [0, 0.1) is 6.92 Å². The fourth-order valence-corrected chi connectivity index (χ4v) is 3.40. The first-order valence-corrected chi connectivity index (χ1v) is 8.13. The molecule has 3 nitrogen and oxygen atoms in total. The first-order valence-electron chi connectivity index (χ1n) is 7.31. The number of hydrogen-bond acceptors (Lipinski definition) is 4. The van der Waals surface area contributed by atoms with E-state index in [-0.39, 0.29) is 0 Å². The van der Waals surface area contributed by atoms with E-state index in [1.807, 2.05) is 17.5 Å². The molecule has 2 aromatic heterocycles. The molecule has 0 amide bonds. The average Bonchev–Trinajstić information content (AvgIpc) is 2.92. The lowest BCUT2D eigenvalue weighted by molar-refractivity contribution is 0.573. The highest BCUT2D eigenvalue weighted by atomic mass is 32.1. The Balaban J connectivity index is 1.58. The maximum Gasteiger partial charge on any atom is 0.128 e. The molecule has 0 atom stereocenters. The quantitative estimate of drug-likeness (QED) is 0.919. The van der Waals surface area contributed by atoms with Crippen molar-refractivity contribution in [1.82, 2.24) is 4.98 Å². The largest absolute Gasteiger partial charge is 0.379 e. The Morgan fingerprint density at radius 2 is 2.00 bits per heavy atom. The fraction of sp³-hybridized carbons (Fsp3) is 0.438. The molecular formula is C16H21N3S. The van der Waals surface area contributed by atoms with Crippen molar-refractivity contribution in [1.29, 1.82) is 0 Å². The summed E-state index contributed by atoms with van der Waals surface area (Å²) in [5.41, 5.74) is 1.09. The van der Waals surface area contributed by atoms with Crippen LogP contribution in [0.25, 0.3) is 0 Å². The Hall–Kier alpha value is -1.55. The van der Waals surface area contributed by atoms with Crippen LogP contribution in [0.15, 0.2) is 30.5 Å². The summed E-state index contributed by atoms with van der Waals surface area (Å²) in [6, 6.07) is 8.62. The molecule has 2 aromatic rings. The summed E-state index contributed by atoms with van der Waals surface area (Å²) in [5, 5.41) is 3.43. The molecule has 1 aliphatic rings. The second-order valence-corrected chi connectivity index (χ2v) is 6.69. The highest BCUT2D eigenvalue weighted by Gasteiger charge is 2.11. The number of rotatable bonds is 4. The first kappa shape index (κ1) is 13.4. The number of nitrogens with one attached hydrogen (secondary N) is 1. The fourth-order valence-electron chi connectivity index (χ4n) is 2.57. The SMILES string of the molecule is Cc1ccc(CNc2ccc(N3CCCCC3)nc2)s1. The molecule has 3 rings (SSSR count). The van der Waals surface area contributed by atoms with Gasteiger partial charge >= 0.3 is 0 Å². The van der Waals surface area contributed by atoms with E-state index in [0.29, 0.717) is 0 Å². The van der Waals surface area contributed by atoms with Gasteiger partial charge in [-0.1, -0.05) is 0 Å². The van der Waals surface area contributed by atoms with Crippen molar-refractivity contribution < 1.29 is 0 Å². The monoisotopic (exact) mass is 287 g/mol. The average molecular weight is 287 g/mol. The summed E-state index contributed by atoms with van der Waals surface area (Å²) in [7, 11) is 0. The molecular weight excluding hydrogens is 266 g/mol. The summed E-state index contributed by atoms with van der Waals surface area (Å²) in [6.45, 7) is 5.31. The van der Waals surface area contributed by atoms with Crippen LogP contribution in [0.4, 0.5) is 11.5 Å². The van der Waals surface area contributed by atoms with Crippen molar-refractivity contribution in [2.75, 3.05) is 23.3 Å². The molecule has 106 valence electrons. The van der Waals surface area contributed by atoms with Gasteiger partial charge in [-0.3, -0.25) is 0 Å². The minimum atomic E-state index is 0.878. The summed E-state index contributed by atoms with van der Waals surface area (Å²) in [6.07, 6.45) is 5.89. The van der Waals surface area contributed by atoms with E-state index in [2.05, 4.69) is 46.4 Å². The van der Waals surface area contributed by atoms with Crippen LogP contribution in [0.1, 0.15) is 29.0 Å². The molecule has 0 saturated carbocycles. The number of pyridine rings is 1. The molecule has 1 N–H and O–H groups in total. The van der Waals surface area contributed by atoms with Crippen LogP contribution < -0.4 is 10.2 Å². The van der Waals surface area contributed by atoms with E-state index < -0.39 is 0 Å². The van der Waals surface area contributed by atoms with Crippen molar-refractivity contribution in [3.63, 3.8) is 0 Å². The van der Waals surface area contributed by atoms with E-state index >= 15 is 0 Å². The summed E-state index contributed by atoms with van der Waals surface area (Å²) in [5.74, 6) is 1.11. The van der Waals surface area contributed by atoms with Gasteiger partial charge in [-0.15, -0.1) is 11.3 Å². The van der Waals surface area contributed by atoms with E-state index in [0.717, 1.165) is 31.1 Å². The van der Waals surface area contributed by atoms with Gasteiger partial charge in [0.2, 0.25) is 0 Å². The molecule has 1 aliphatic heterocycles. The van der Waals surface area contributed by atoms with E-state index in [1.165, 1.54) is 29.0 Å². The Morgan fingerprint density at radius 1 is 1.15 bits per heavy atom. The highest BCUT2D eigenvalue weighted by Crippen LogP contribution is 2.20. The van der Waals surface area contributed by atoms with Crippen LogP contribution in [-0.2, 0) is 6.54 Å². The van der Waals surface area contributed by atoms with Gasteiger partial charge in [-0.05, 0) is 50.5 Å². The maximum absolute atomic E-state index is 4.59. The van der Waals surface area contributed by atoms with Crippen molar-refractivity contribution in [3.8, 4) is 0 Å². The molecule has 0 spiro atoms. The van der Waals surface area contributed by atoms with Crippen LogP contribution in [0.5, 0.6) is 0 Å². The number of anilines is 2. The minimum absolute atomic E-state index is 0.878. The minimum Gasteiger partial charge on any atom is -0.379 e. The Kier molecular flexibility index (Phi) is 4.21. The third kappa shape index (κ3) is 3.31.